The van der Waals surface area contributed by atoms with Crippen molar-refractivity contribution in [3.63, 3.8) is 0 Å². The van der Waals surface area contributed by atoms with Crippen LogP contribution in [0.2, 0.25) is 0 Å². The number of hydrogen-bond acceptors (Lipinski definition) is 9. The quantitative estimate of drug-likeness (QED) is 0.433. The standard InChI is InChI=1S/C20H23N9O2S/c1-12(2)29-16-8-18(23-10-15(16)25-20(29)21-3)26-17-6-7-22-19(27-17)13-9-24-28(11-13)32(30,31)14-4-5-14/h6-12,14H,4-5H2,1-3H3,(H,21,25)(H,22,23,26,27). The van der Waals surface area contributed by atoms with Crippen molar-refractivity contribution >= 4 is 38.6 Å². The largest absolute Gasteiger partial charge is 0.359 e. The minimum absolute atomic E-state index is 0.215. The maximum atomic E-state index is 12.4. The highest BCUT2D eigenvalue weighted by molar-refractivity contribution is 7.90. The third-order valence-corrected chi connectivity index (χ3v) is 7.29. The van der Waals surface area contributed by atoms with Gasteiger partial charge in [-0.1, -0.05) is 0 Å². The van der Waals surface area contributed by atoms with Crippen molar-refractivity contribution in [2.45, 2.75) is 38.0 Å². The molecule has 0 radical (unpaired) electrons. The van der Waals surface area contributed by atoms with E-state index < -0.39 is 10.0 Å². The fourth-order valence-electron chi connectivity index (χ4n) is 3.54. The van der Waals surface area contributed by atoms with Crippen molar-refractivity contribution in [1.29, 1.82) is 0 Å². The number of pyridine rings is 1. The van der Waals surface area contributed by atoms with E-state index in [0.29, 0.717) is 35.9 Å². The molecule has 4 aromatic rings. The van der Waals surface area contributed by atoms with Gasteiger partial charge >= 0.3 is 0 Å². The lowest BCUT2D eigenvalue weighted by molar-refractivity contribution is 0.578. The molecule has 4 heterocycles. The number of nitrogens with zero attached hydrogens (tertiary/aromatic N) is 7. The summed E-state index contributed by atoms with van der Waals surface area (Å²) >= 11 is 0. The number of imidazole rings is 1. The molecule has 0 bridgehead atoms. The molecule has 166 valence electrons. The van der Waals surface area contributed by atoms with Gasteiger partial charge in [0.05, 0.1) is 34.9 Å². The fraction of sp³-hybridized carbons (Fsp3) is 0.350. The molecule has 1 fully saturated rings. The summed E-state index contributed by atoms with van der Waals surface area (Å²) in [6.07, 6.45) is 7.59. The Kier molecular flexibility index (Phi) is 4.81. The summed E-state index contributed by atoms with van der Waals surface area (Å²) in [6.45, 7) is 4.19. The molecule has 0 spiro atoms. The highest BCUT2D eigenvalue weighted by Gasteiger charge is 2.37. The average molecular weight is 454 g/mol. The van der Waals surface area contributed by atoms with E-state index in [2.05, 4.69) is 54.1 Å². The van der Waals surface area contributed by atoms with Crippen LogP contribution >= 0.6 is 0 Å². The molecule has 0 aliphatic heterocycles. The van der Waals surface area contributed by atoms with Crippen LogP contribution in [0.25, 0.3) is 22.4 Å². The van der Waals surface area contributed by atoms with Crippen molar-refractivity contribution in [1.82, 2.24) is 33.7 Å². The molecule has 0 unspecified atom stereocenters. The highest BCUT2D eigenvalue weighted by atomic mass is 32.2. The number of aromatic nitrogens is 7. The normalized spacial score (nSPS) is 14.2. The van der Waals surface area contributed by atoms with E-state index in [9.17, 15) is 8.42 Å². The Morgan fingerprint density at radius 3 is 2.66 bits per heavy atom. The Hall–Kier alpha value is -3.54. The molecule has 1 aliphatic carbocycles. The van der Waals surface area contributed by atoms with Crippen LogP contribution in [-0.4, -0.2) is 54.4 Å². The van der Waals surface area contributed by atoms with Crippen LogP contribution in [0.15, 0.2) is 36.9 Å². The summed E-state index contributed by atoms with van der Waals surface area (Å²) < 4.78 is 27.9. The van der Waals surface area contributed by atoms with Gasteiger partial charge in [-0.3, -0.25) is 0 Å². The SMILES string of the molecule is CNc1nc2cnc(Nc3ccnc(-c4cnn(S(=O)(=O)C5CC5)c4)n3)cc2n1C(C)C. The number of anilines is 3. The number of nitrogens with one attached hydrogen (secondary N) is 2. The zero-order valence-electron chi connectivity index (χ0n) is 17.9. The van der Waals surface area contributed by atoms with E-state index in [0.717, 1.165) is 21.1 Å². The lowest BCUT2D eigenvalue weighted by Gasteiger charge is -2.12. The molecule has 1 aliphatic rings. The van der Waals surface area contributed by atoms with Crippen LogP contribution in [0.4, 0.5) is 17.6 Å². The molecule has 0 amide bonds. The Bertz CT molecular complexity index is 1400. The lowest BCUT2D eigenvalue weighted by atomic mass is 10.3. The van der Waals surface area contributed by atoms with Gasteiger partial charge in [0.15, 0.2) is 5.82 Å². The van der Waals surface area contributed by atoms with Crippen LogP contribution in [0, 0.1) is 0 Å². The minimum Gasteiger partial charge on any atom is -0.359 e. The first-order valence-electron chi connectivity index (χ1n) is 10.3. The third-order valence-electron chi connectivity index (χ3n) is 5.25. The van der Waals surface area contributed by atoms with Crippen LogP contribution in [-0.2, 0) is 10.0 Å². The second-order valence-corrected chi connectivity index (χ2v) is 10.0. The zero-order valence-corrected chi connectivity index (χ0v) is 18.7. The van der Waals surface area contributed by atoms with Gasteiger partial charge in [-0.25, -0.2) is 28.4 Å². The number of rotatable bonds is 7. The maximum Gasteiger partial charge on any atom is 0.256 e. The van der Waals surface area contributed by atoms with Gasteiger partial charge in [0, 0.05) is 25.4 Å². The number of hydrogen-bond donors (Lipinski definition) is 2. The van der Waals surface area contributed by atoms with Gasteiger partial charge in [0.1, 0.15) is 17.2 Å². The first kappa shape index (κ1) is 20.4. The topological polar surface area (TPSA) is 133 Å². The molecular formula is C20H23N9O2S. The van der Waals surface area contributed by atoms with Gasteiger partial charge in [0.25, 0.3) is 10.0 Å². The van der Waals surface area contributed by atoms with Gasteiger partial charge < -0.3 is 15.2 Å². The average Bonchev–Trinajstić information content (AvgIpc) is 3.40. The van der Waals surface area contributed by atoms with E-state index in [1.165, 1.54) is 12.4 Å². The smallest absolute Gasteiger partial charge is 0.256 e. The highest BCUT2D eigenvalue weighted by Crippen LogP contribution is 2.30. The van der Waals surface area contributed by atoms with Crippen LogP contribution in [0.3, 0.4) is 0 Å². The van der Waals surface area contributed by atoms with Crippen LogP contribution in [0.1, 0.15) is 32.7 Å². The van der Waals surface area contributed by atoms with Gasteiger partial charge in [-0.05, 0) is 32.8 Å². The van der Waals surface area contributed by atoms with E-state index >= 15 is 0 Å². The van der Waals surface area contributed by atoms with Crippen molar-refractivity contribution in [2.75, 3.05) is 17.7 Å². The molecule has 0 atom stereocenters. The van der Waals surface area contributed by atoms with Crippen molar-refractivity contribution < 1.29 is 8.42 Å². The molecular weight excluding hydrogens is 430 g/mol. The van der Waals surface area contributed by atoms with Gasteiger partial charge in [-0.2, -0.15) is 9.19 Å². The van der Waals surface area contributed by atoms with Crippen molar-refractivity contribution in [3.8, 4) is 11.4 Å². The predicted octanol–water partition coefficient (Wildman–Crippen LogP) is 2.79. The Labute approximate surface area is 185 Å². The first-order valence-corrected chi connectivity index (χ1v) is 11.8. The Morgan fingerprint density at radius 1 is 1.12 bits per heavy atom. The van der Waals surface area contributed by atoms with Gasteiger partial charge in [-0.15, -0.1) is 0 Å². The third kappa shape index (κ3) is 3.55. The van der Waals surface area contributed by atoms with Crippen molar-refractivity contribution in [2.24, 2.45) is 0 Å². The molecule has 2 N–H and O–H groups in total. The molecule has 0 aromatic carbocycles. The fourth-order valence-corrected chi connectivity index (χ4v) is 5.02. The van der Waals surface area contributed by atoms with Gasteiger partial charge in [0.2, 0.25) is 5.95 Å². The maximum absolute atomic E-state index is 12.4. The van der Waals surface area contributed by atoms with Crippen molar-refractivity contribution in [3.05, 3.63) is 36.9 Å². The lowest BCUT2D eigenvalue weighted by Crippen LogP contribution is -2.17. The van der Waals surface area contributed by atoms with Crippen LogP contribution < -0.4 is 10.6 Å². The van der Waals surface area contributed by atoms with Crippen LogP contribution in [0.5, 0.6) is 0 Å². The molecule has 11 nitrogen and oxygen atoms in total. The predicted molar refractivity (Wildman–Crippen MR) is 121 cm³/mol. The molecule has 32 heavy (non-hydrogen) atoms. The summed E-state index contributed by atoms with van der Waals surface area (Å²) in [5, 5.41) is 9.98. The summed E-state index contributed by atoms with van der Waals surface area (Å²) in [5.74, 6) is 2.29. The Morgan fingerprint density at radius 2 is 1.94 bits per heavy atom. The van der Waals surface area contributed by atoms with E-state index in [-0.39, 0.29) is 11.3 Å². The second-order valence-electron chi connectivity index (χ2n) is 7.94. The van der Waals surface area contributed by atoms with E-state index in [1.807, 2.05) is 13.1 Å². The monoisotopic (exact) mass is 453 g/mol. The minimum atomic E-state index is -3.43. The Balaban J connectivity index is 1.44. The molecule has 0 saturated heterocycles. The first-order chi connectivity index (χ1) is 15.4. The van der Waals surface area contributed by atoms with E-state index in [1.54, 1.807) is 18.5 Å². The summed E-state index contributed by atoms with van der Waals surface area (Å²) in [7, 11) is -1.59. The summed E-state index contributed by atoms with van der Waals surface area (Å²) in [5.41, 5.74) is 2.27. The zero-order chi connectivity index (χ0) is 22.5. The molecule has 12 heteroatoms. The molecule has 5 rings (SSSR count). The number of fused-ring (bicyclic) bond motifs is 1. The molecule has 1 saturated carbocycles. The summed E-state index contributed by atoms with van der Waals surface area (Å²) in [4.78, 5) is 17.8. The van der Waals surface area contributed by atoms with E-state index in [4.69, 9.17) is 0 Å². The summed E-state index contributed by atoms with van der Waals surface area (Å²) in [6, 6.07) is 3.86. The second kappa shape index (κ2) is 7.55. The molecule has 4 aromatic heterocycles.